The first-order valence-electron chi connectivity index (χ1n) is 2.74. The molecule has 0 aliphatic rings. The van der Waals surface area contributed by atoms with Crippen LogP contribution in [-0.4, -0.2) is 0 Å². The van der Waals surface area contributed by atoms with E-state index in [4.69, 9.17) is 0 Å². The quantitative estimate of drug-likeness (QED) is 0.441. The number of rotatable bonds is 0. The summed E-state index contributed by atoms with van der Waals surface area (Å²) in [6.07, 6.45) is 0. The fraction of sp³-hybridized carbons (Fsp3) is 0. The third-order valence-corrected chi connectivity index (χ3v) is 2.89. The van der Waals surface area contributed by atoms with Crippen molar-refractivity contribution < 1.29 is 13.2 Å². The van der Waals surface area contributed by atoms with Gasteiger partial charge in [-0.25, -0.2) is 13.2 Å². The highest BCUT2D eigenvalue weighted by Gasteiger charge is 2.19. The highest BCUT2D eigenvalue weighted by atomic mass is 32.1. The molecule has 6 heteroatoms. The lowest BCUT2D eigenvalue weighted by molar-refractivity contribution is 0.415. The van der Waals surface area contributed by atoms with Gasteiger partial charge < -0.3 is 0 Å². The van der Waals surface area contributed by atoms with Gasteiger partial charge in [0.25, 0.3) is 0 Å². The summed E-state index contributed by atoms with van der Waals surface area (Å²) in [6.45, 7) is 0. The second-order valence-electron chi connectivity index (χ2n) is 1.99. The number of hydrogen-bond donors (Lipinski definition) is 3. The van der Waals surface area contributed by atoms with Gasteiger partial charge in [0.15, 0.2) is 17.5 Å². The Labute approximate surface area is 83.4 Å². The molecular formula is C6H3F3S3. The summed E-state index contributed by atoms with van der Waals surface area (Å²) in [5.41, 5.74) is 0. The molecule has 0 nitrogen and oxygen atoms in total. The van der Waals surface area contributed by atoms with Crippen LogP contribution in [0.3, 0.4) is 0 Å². The number of hydrogen-bond acceptors (Lipinski definition) is 3. The summed E-state index contributed by atoms with van der Waals surface area (Å²) in [4.78, 5) is -0.803. The average molecular weight is 228 g/mol. The van der Waals surface area contributed by atoms with Crippen molar-refractivity contribution in [2.45, 2.75) is 14.7 Å². The molecule has 12 heavy (non-hydrogen) atoms. The third-order valence-electron chi connectivity index (χ3n) is 1.25. The van der Waals surface area contributed by atoms with Crippen LogP contribution in [0.5, 0.6) is 0 Å². The van der Waals surface area contributed by atoms with Crippen LogP contribution in [0.1, 0.15) is 0 Å². The predicted molar refractivity (Wildman–Crippen MR) is 48.1 cm³/mol. The Morgan fingerprint density at radius 2 is 0.917 bits per heavy atom. The molecule has 0 fully saturated rings. The van der Waals surface area contributed by atoms with Crippen LogP contribution in [0.15, 0.2) is 14.7 Å². The minimum absolute atomic E-state index is 0.113. The summed E-state index contributed by atoms with van der Waals surface area (Å²) in [7, 11) is 0. The first-order chi connectivity index (χ1) is 5.46. The molecule has 0 bridgehead atoms. The fourth-order valence-electron chi connectivity index (χ4n) is 0.624. The molecule has 0 saturated carbocycles. The smallest absolute Gasteiger partial charge is 0.196 e. The summed E-state index contributed by atoms with van der Waals surface area (Å²) in [6, 6.07) is 0. The molecule has 0 unspecified atom stereocenters. The van der Waals surface area contributed by atoms with Crippen molar-refractivity contribution in [3.05, 3.63) is 17.5 Å². The summed E-state index contributed by atoms with van der Waals surface area (Å²) in [5.74, 6) is -4.28. The van der Waals surface area contributed by atoms with Crippen molar-refractivity contribution in [3.63, 3.8) is 0 Å². The van der Waals surface area contributed by atoms with E-state index in [1.165, 1.54) is 0 Å². The lowest BCUT2D eigenvalue weighted by Crippen LogP contribution is -1.95. The second kappa shape index (κ2) is 3.43. The van der Waals surface area contributed by atoms with Gasteiger partial charge in [-0.1, -0.05) is 0 Å². The van der Waals surface area contributed by atoms with Gasteiger partial charge in [0, 0.05) is 4.90 Å². The minimum atomic E-state index is -1.58. The molecule has 1 rings (SSSR count). The zero-order valence-corrected chi connectivity index (χ0v) is 8.16. The predicted octanol–water partition coefficient (Wildman–Crippen LogP) is 2.97. The first kappa shape index (κ1) is 10.1. The molecule has 0 aliphatic carbocycles. The lowest BCUT2D eigenvalue weighted by atomic mass is 10.3. The number of benzene rings is 1. The van der Waals surface area contributed by atoms with E-state index in [9.17, 15) is 13.2 Å². The Morgan fingerprint density at radius 1 is 0.583 bits per heavy atom. The van der Waals surface area contributed by atoms with Crippen LogP contribution in [0.2, 0.25) is 0 Å². The first-order valence-corrected chi connectivity index (χ1v) is 4.08. The van der Waals surface area contributed by atoms with Crippen LogP contribution in [-0.2, 0) is 0 Å². The fourth-order valence-corrected chi connectivity index (χ4v) is 1.33. The molecule has 0 aliphatic heterocycles. The standard InChI is InChI=1S/C6H3F3S3/c7-1-2(8)4(10)6(12)5(11)3(1)9/h10-12H. The topological polar surface area (TPSA) is 0 Å². The maximum Gasteiger partial charge on any atom is 0.196 e. The van der Waals surface area contributed by atoms with Crippen LogP contribution in [0.4, 0.5) is 13.2 Å². The lowest BCUT2D eigenvalue weighted by Gasteiger charge is -2.05. The van der Waals surface area contributed by atoms with Crippen molar-refractivity contribution in [3.8, 4) is 0 Å². The van der Waals surface area contributed by atoms with Crippen molar-refractivity contribution in [2.24, 2.45) is 0 Å². The van der Waals surface area contributed by atoms with Crippen LogP contribution < -0.4 is 0 Å². The molecule has 0 amide bonds. The van der Waals surface area contributed by atoms with Crippen LogP contribution in [0, 0.1) is 17.5 Å². The van der Waals surface area contributed by atoms with E-state index in [1.54, 1.807) is 0 Å². The van der Waals surface area contributed by atoms with Crippen molar-refractivity contribution in [1.29, 1.82) is 0 Å². The molecular weight excluding hydrogens is 225 g/mol. The van der Waals surface area contributed by atoms with Gasteiger partial charge in [0.2, 0.25) is 0 Å². The van der Waals surface area contributed by atoms with E-state index >= 15 is 0 Å². The third kappa shape index (κ3) is 1.43. The Balaban J connectivity index is 3.60. The monoisotopic (exact) mass is 228 g/mol. The Kier molecular flexibility index (Phi) is 2.90. The molecule has 0 atom stereocenters. The molecule has 1 aromatic rings. The van der Waals surface area contributed by atoms with Gasteiger partial charge in [-0.2, -0.15) is 0 Å². The van der Waals surface area contributed by atoms with E-state index in [0.717, 1.165) is 0 Å². The summed E-state index contributed by atoms with van der Waals surface area (Å²) in [5, 5.41) is 0. The maximum atomic E-state index is 12.7. The number of thiol groups is 3. The van der Waals surface area contributed by atoms with Crippen molar-refractivity contribution in [1.82, 2.24) is 0 Å². The molecule has 0 saturated heterocycles. The molecule has 0 heterocycles. The van der Waals surface area contributed by atoms with Gasteiger partial charge >= 0.3 is 0 Å². The zero-order valence-electron chi connectivity index (χ0n) is 5.48. The molecule has 1 aromatic carbocycles. The minimum Gasteiger partial charge on any atom is -0.202 e. The Morgan fingerprint density at radius 3 is 1.25 bits per heavy atom. The van der Waals surface area contributed by atoms with E-state index in [2.05, 4.69) is 37.9 Å². The van der Waals surface area contributed by atoms with E-state index < -0.39 is 17.5 Å². The Hall–Kier alpha value is 0.0600. The molecule has 0 N–H and O–H groups in total. The van der Waals surface area contributed by atoms with Crippen molar-refractivity contribution >= 4 is 37.9 Å². The molecule has 66 valence electrons. The zero-order chi connectivity index (χ0) is 9.46. The second-order valence-corrected chi connectivity index (χ2v) is 3.33. The van der Waals surface area contributed by atoms with E-state index in [0.29, 0.717) is 0 Å². The molecule has 0 spiro atoms. The summed E-state index contributed by atoms with van der Waals surface area (Å²) < 4.78 is 37.9. The summed E-state index contributed by atoms with van der Waals surface area (Å²) >= 11 is 10.9. The van der Waals surface area contributed by atoms with Gasteiger partial charge in [-0.05, 0) is 0 Å². The van der Waals surface area contributed by atoms with Gasteiger partial charge in [0.1, 0.15) is 0 Å². The Bertz CT molecular complexity index is 232. The van der Waals surface area contributed by atoms with Gasteiger partial charge in [-0.15, -0.1) is 37.9 Å². The maximum absolute atomic E-state index is 12.7. The highest BCUT2D eigenvalue weighted by Crippen LogP contribution is 2.32. The van der Waals surface area contributed by atoms with Gasteiger partial charge in [0.05, 0.1) is 9.79 Å². The van der Waals surface area contributed by atoms with Gasteiger partial charge in [-0.3, -0.25) is 0 Å². The average Bonchev–Trinajstić information content (AvgIpc) is 2.08. The van der Waals surface area contributed by atoms with Crippen LogP contribution in [0.25, 0.3) is 0 Å². The molecule has 0 aromatic heterocycles. The highest BCUT2D eigenvalue weighted by molar-refractivity contribution is 7.85. The normalized spacial score (nSPS) is 10.5. The SMILES string of the molecule is Fc1c(F)c(S)c(S)c(S)c1F. The van der Waals surface area contributed by atoms with Crippen LogP contribution >= 0.6 is 37.9 Å². The van der Waals surface area contributed by atoms with E-state index in [1.807, 2.05) is 0 Å². The van der Waals surface area contributed by atoms with E-state index in [-0.39, 0.29) is 14.7 Å². The molecule has 0 radical (unpaired) electrons. The largest absolute Gasteiger partial charge is 0.202 e. The number of halogens is 3. The van der Waals surface area contributed by atoms with Crippen molar-refractivity contribution in [2.75, 3.05) is 0 Å².